The van der Waals surface area contributed by atoms with Crippen LogP contribution in [0.4, 0.5) is 5.69 Å². The van der Waals surface area contributed by atoms with Crippen LogP contribution in [0.3, 0.4) is 0 Å². The quantitative estimate of drug-likeness (QED) is 0.799. The maximum Gasteiger partial charge on any atom is 0.225 e. The van der Waals surface area contributed by atoms with Crippen LogP contribution in [0, 0.1) is 0 Å². The van der Waals surface area contributed by atoms with Gasteiger partial charge in [-0.15, -0.1) is 0 Å². The van der Waals surface area contributed by atoms with Gasteiger partial charge in [0, 0.05) is 42.1 Å². The number of carbonyl (C=O) groups excluding carboxylic acids is 1. The molecule has 0 aliphatic carbocycles. The lowest BCUT2D eigenvalue weighted by Gasteiger charge is -2.06. The Morgan fingerprint density at radius 3 is 2.50 bits per heavy atom. The fourth-order valence-electron chi connectivity index (χ4n) is 1.69. The fraction of sp³-hybridized carbons (Fsp3) is 0.200. The third-order valence-corrected chi connectivity index (χ3v) is 3.26. The van der Waals surface area contributed by atoms with Crippen molar-refractivity contribution in [2.75, 3.05) is 11.9 Å². The summed E-state index contributed by atoms with van der Waals surface area (Å²) in [4.78, 5) is 15.7. The van der Waals surface area contributed by atoms with Gasteiger partial charge in [-0.2, -0.15) is 0 Å². The zero-order valence-corrected chi connectivity index (χ0v) is 12.6. The first-order chi connectivity index (χ1) is 9.74. The number of hydrogen-bond acceptors (Lipinski definition) is 3. The predicted molar refractivity (Wildman–Crippen MR) is 83.3 cm³/mol. The lowest BCUT2D eigenvalue weighted by atomic mass is 10.2. The molecule has 1 amide bonds. The summed E-state index contributed by atoms with van der Waals surface area (Å²) in [6.07, 6.45) is 3.97. The summed E-state index contributed by atoms with van der Waals surface area (Å²) in [5, 5.41) is 6.09. The number of benzene rings is 1. The molecule has 2 rings (SSSR count). The number of nitrogens with zero attached hydrogens (tertiary/aromatic N) is 1. The Balaban J connectivity index is 1.66. The molecule has 4 nitrogen and oxygen atoms in total. The van der Waals surface area contributed by atoms with Crippen LogP contribution in [0.2, 0.25) is 0 Å². The van der Waals surface area contributed by atoms with Gasteiger partial charge in [-0.1, -0.05) is 15.9 Å². The van der Waals surface area contributed by atoms with Crippen LogP contribution in [0.15, 0.2) is 53.3 Å². The maximum atomic E-state index is 11.7. The van der Waals surface area contributed by atoms with Gasteiger partial charge >= 0.3 is 0 Å². The second-order valence-electron chi connectivity index (χ2n) is 4.34. The summed E-state index contributed by atoms with van der Waals surface area (Å²) < 4.78 is 0.995. The number of pyridine rings is 1. The van der Waals surface area contributed by atoms with Crippen molar-refractivity contribution < 1.29 is 4.79 Å². The molecule has 2 N–H and O–H groups in total. The molecule has 1 aromatic heterocycles. The Kier molecular flexibility index (Phi) is 5.70. The van der Waals surface area contributed by atoms with Crippen molar-refractivity contribution in [3.8, 4) is 0 Å². The molecule has 0 fully saturated rings. The largest absolute Gasteiger partial charge is 0.326 e. The normalized spacial score (nSPS) is 10.2. The summed E-state index contributed by atoms with van der Waals surface area (Å²) in [7, 11) is 0. The SMILES string of the molecule is O=C(CCNCc1ccncc1)Nc1ccc(Br)cc1. The highest BCUT2D eigenvalue weighted by Gasteiger charge is 2.01. The number of halogens is 1. The molecule has 0 unspecified atom stereocenters. The molecule has 0 spiro atoms. The van der Waals surface area contributed by atoms with Crippen molar-refractivity contribution in [1.29, 1.82) is 0 Å². The van der Waals surface area contributed by atoms with Gasteiger partial charge < -0.3 is 10.6 Å². The van der Waals surface area contributed by atoms with Gasteiger partial charge in [0.25, 0.3) is 0 Å². The third-order valence-electron chi connectivity index (χ3n) is 2.74. The number of nitrogens with one attached hydrogen (secondary N) is 2. The summed E-state index contributed by atoms with van der Waals surface area (Å²) in [5.41, 5.74) is 1.97. The predicted octanol–water partition coefficient (Wildman–Crippen LogP) is 2.96. The van der Waals surface area contributed by atoms with Crippen LogP contribution in [-0.2, 0) is 11.3 Å². The van der Waals surface area contributed by atoms with Gasteiger partial charge in [0.15, 0.2) is 0 Å². The van der Waals surface area contributed by atoms with Crippen LogP contribution < -0.4 is 10.6 Å². The van der Waals surface area contributed by atoms with Crippen LogP contribution in [0.5, 0.6) is 0 Å². The molecule has 0 aliphatic rings. The number of aromatic nitrogens is 1. The van der Waals surface area contributed by atoms with E-state index in [-0.39, 0.29) is 5.91 Å². The molecule has 0 saturated heterocycles. The van der Waals surface area contributed by atoms with E-state index in [0.717, 1.165) is 22.3 Å². The molecule has 2 aromatic rings. The van der Waals surface area contributed by atoms with Gasteiger partial charge in [-0.05, 0) is 42.0 Å². The first-order valence-electron chi connectivity index (χ1n) is 6.39. The van der Waals surface area contributed by atoms with Gasteiger partial charge in [-0.3, -0.25) is 9.78 Å². The van der Waals surface area contributed by atoms with Crippen LogP contribution in [0.25, 0.3) is 0 Å². The van der Waals surface area contributed by atoms with Crippen molar-refractivity contribution >= 4 is 27.5 Å². The number of hydrogen-bond donors (Lipinski definition) is 2. The van der Waals surface area contributed by atoms with E-state index in [0.29, 0.717) is 13.0 Å². The van der Waals surface area contributed by atoms with E-state index in [4.69, 9.17) is 0 Å². The Morgan fingerprint density at radius 1 is 1.10 bits per heavy atom. The summed E-state index contributed by atoms with van der Waals surface area (Å²) in [6, 6.07) is 11.4. The smallest absolute Gasteiger partial charge is 0.225 e. The first kappa shape index (κ1) is 14.7. The van der Waals surface area contributed by atoms with Gasteiger partial charge in [-0.25, -0.2) is 0 Å². The molecular formula is C15H16BrN3O. The van der Waals surface area contributed by atoms with Crippen molar-refractivity contribution in [1.82, 2.24) is 10.3 Å². The zero-order chi connectivity index (χ0) is 14.2. The highest BCUT2D eigenvalue weighted by Crippen LogP contribution is 2.14. The van der Waals surface area contributed by atoms with Gasteiger partial charge in [0.1, 0.15) is 0 Å². The molecule has 20 heavy (non-hydrogen) atoms. The number of rotatable bonds is 6. The molecule has 0 atom stereocenters. The molecule has 0 saturated carbocycles. The maximum absolute atomic E-state index is 11.7. The standard InChI is InChI=1S/C15H16BrN3O/c16-13-1-3-14(4-2-13)19-15(20)7-10-18-11-12-5-8-17-9-6-12/h1-6,8-9,18H,7,10-11H2,(H,19,20). The molecule has 1 heterocycles. The second-order valence-corrected chi connectivity index (χ2v) is 5.25. The monoisotopic (exact) mass is 333 g/mol. The minimum absolute atomic E-state index is 0.00884. The Labute approximate surface area is 126 Å². The summed E-state index contributed by atoms with van der Waals surface area (Å²) >= 11 is 3.36. The molecule has 0 bridgehead atoms. The van der Waals surface area contributed by atoms with E-state index in [9.17, 15) is 4.79 Å². The Bertz CT molecular complexity index is 543. The van der Waals surface area contributed by atoms with Crippen molar-refractivity contribution in [3.05, 3.63) is 58.8 Å². The van der Waals surface area contributed by atoms with E-state index >= 15 is 0 Å². The summed E-state index contributed by atoms with van der Waals surface area (Å²) in [5.74, 6) is 0.00884. The molecule has 0 radical (unpaired) electrons. The first-order valence-corrected chi connectivity index (χ1v) is 7.18. The topological polar surface area (TPSA) is 54.0 Å². The highest BCUT2D eigenvalue weighted by atomic mass is 79.9. The average molecular weight is 334 g/mol. The fourth-order valence-corrected chi connectivity index (χ4v) is 1.96. The van der Waals surface area contributed by atoms with Gasteiger partial charge in [0.2, 0.25) is 5.91 Å². The Morgan fingerprint density at radius 2 is 1.80 bits per heavy atom. The lowest BCUT2D eigenvalue weighted by Crippen LogP contribution is -2.21. The van der Waals surface area contributed by atoms with E-state index in [2.05, 4.69) is 31.5 Å². The highest BCUT2D eigenvalue weighted by molar-refractivity contribution is 9.10. The van der Waals surface area contributed by atoms with Crippen molar-refractivity contribution in [2.24, 2.45) is 0 Å². The second kappa shape index (κ2) is 7.77. The number of amides is 1. The minimum Gasteiger partial charge on any atom is -0.326 e. The van der Waals surface area contributed by atoms with Crippen LogP contribution in [0.1, 0.15) is 12.0 Å². The molecule has 104 valence electrons. The van der Waals surface area contributed by atoms with E-state index in [1.165, 1.54) is 0 Å². The zero-order valence-electron chi connectivity index (χ0n) is 11.0. The summed E-state index contributed by atoms with van der Waals surface area (Å²) in [6.45, 7) is 1.39. The Hall–Kier alpha value is -1.72. The molecule has 5 heteroatoms. The molecule has 1 aromatic carbocycles. The number of anilines is 1. The lowest BCUT2D eigenvalue weighted by molar-refractivity contribution is -0.116. The van der Waals surface area contributed by atoms with E-state index in [1.54, 1.807) is 12.4 Å². The van der Waals surface area contributed by atoms with Crippen LogP contribution >= 0.6 is 15.9 Å². The van der Waals surface area contributed by atoms with Crippen LogP contribution in [-0.4, -0.2) is 17.4 Å². The van der Waals surface area contributed by atoms with E-state index < -0.39 is 0 Å². The molecular weight excluding hydrogens is 318 g/mol. The van der Waals surface area contributed by atoms with Crippen molar-refractivity contribution in [2.45, 2.75) is 13.0 Å². The molecule has 0 aliphatic heterocycles. The average Bonchev–Trinajstić information content (AvgIpc) is 2.47. The minimum atomic E-state index is 0.00884. The van der Waals surface area contributed by atoms with Gasteiger partial charge in [0.05, 0.1) is 0 Å². The van der Waals surface area contributed by atoms with E-state index in [1.807, 2.05) is 36.4 Å². The van der Waals surface area contributed by atoms with Crippen molar-refractivity contribution in [3.63, 3.8) is 0 Å². The number of carbonyl (C=O) groups is 1. The third kappa shape index (κ3) is 5.11.